The molecule has 9 heteroatoms. The Morgan fingerprint density at radius 3 is 2.79 bits per heavy atom. The van der Waals surface area contributed by atoms with Gasteiger partial charge in [0.05, 0.1) is 5.37 Å². The maximum absolute atomic E-state index is 12.3. The van der Waals surface area contributed by atoms with E-state index in [0.29, 0.717) is 11.7 Å². The van der Waals surface area contributed by atoms with Crippen molar-refractivity contribution < 1.29 is 14.7 Å². The molecule has 19 heavy (non-hydrogen) atoms. The molecule has 2 unspecified atom stereocenters. The van der Waals surface area contributed by atoms with Gasteiger partial charge in [-0.3, -0.25) is 4.79 Å². The van der Waals surface area contributed by atoms with Crippen molar-refractivity contribution in [1.82, 2.24) is 25.1 Å². The van der Waals surface area contributed by atoms with Crippen LogP contribution in [0.15, 0.2) is 6.33 Å². The number of carbonyl (C=O) groups excluding carboxylic acids is 1. The lowest BCUT2D eigenvalue weighted by molar-refractivity contribution is -0.149. The number of hydrogen-bond acceptors (Lipinski definition) is 6. The van der Waals surface area contributed by atoms with E-state index >= 15 is 0 Å². The summed E-state index contributed by atoms with van der Waals surface area (Å²) < 4.78 is 1.31. The monoisotopic (exact) mass is 283 g/mol. The molecular formula is C10H13N5O3S. The van der Waals surface area contributed by atoms with Gasteiger partial charge in [0.15, 0.2) is 0 Å². The van der Waals surface area contributed by atoms with E-state index < -0.39 is 12.0 Å². The number of carboxylic acids is 1. The second-order valence-electron chi connectivity index (χ2n) is 4.72. The highest BCUT2D eigenvalue weighted by Gasteiger charge is 2.47. The van der Waals surface area contributed by atoms with Crippen molar-refractivity contribution in [2.45, 2.75) is 30.8 Å². The summed E-state index contributed by atoms with van der Waals surface area (Å²) >= 11 is 1.56. The topological polar surface area (TPSA) is 101 Å². The summed E-state index contributed by atoms with van der Waals surface area (Å²) in [6.45, 7) is -0.0133. The molecule has 2 fully saturated rings. The number of thioether (sulfide) groups is 1. The van der Waals surface area contributed by atoms with Crippen LogP contribution in [0.5, 0.6) is 0 Å². The van der Waals surface area contributed by atoms with Crippen molar-refractivity contribution in [3.63, 3.8) is 0 Å². The van der Waals surface area contributed by atoms with Crippen molar-refractivity contribution >= 4 is 23.6 Å². The van der Waals surface area contributed by atoms with E-state index in [4.69, 9.17) is 0 Å². The molecule has 0 bridgehead atoms. The Kier molecular flexibility index (Phi) is 3.13. The normalized spacial score (nSPS) is 26.6. The molecule has 2 atom stereocenters. The number of tetrazole rings is 1. The van der Waals surface area contributed by atoms with Gasteiger partial charge in [0, 0.05) is 5.75 Å². The molecule has 1 N–H and O–H groups in total. The molecule has 0 spiro atoms. The predicted molar refractivity (Wildman–Crippen MR) is 65.1 cm³/mol. The summed E-state index contributed by atoms with van der Waals surface area (Å²) in [4.78, 5) is 25.1. The zero-order valence-corrected chi connectivity index (χ0v) is 10.9. The zero-order valence-electron chi connectivity index (χ0n) is 10.0. The molecular weight excluding hydrogens is 270 g/mol. The number of amides is 1. The highest BCUT2D eigenvalue weighted by atomic mass is 32.2. The Bertz CT molecular complexity index is 489. The van der Waals surface area contributed by atoms with Crippen LogP contribution in [0.3, 0.4) is 0 Å². The first-order valence-corrected chi connectivity index (χ1v) is 7.08. The SMILES string of the molecule is O=C(O)C1CSC(C2CC2)N1C(=O)Cn1cnnn1. The Morgan fingerprint density at radius 1 is 1.42 bits per heavy atom. The van der Waals surface area contributed by atoms with Crippen molar-refractivity contribution in [3.8, 4) is 0 Å². The molecule has 2 aliphatic rings. The van der Waals surface area contributed by atoms with E-state index in [0.717, 1.165) is 12.8 Å². The molecule has 2 heterocycles. The molecule has 102 valence electrons. The fraction of sp³-hybridized carbons (Fsp3) is 0.700. The first-order chi connectivity index (χ1) is 9.16. The van der Waals surface area contributed by atoms with Gasteiger partial charge in [0.2, 0.25) is 5.91 Å². The van der Waals surface area contributed by atoms with Gasteiger partial charge in [0.25, 0.3) is 0 Å². The van der Waals surface area contributed by atoms with Crippen molar-refractivity contribution in [1.29, 1.82) is 0 Å². The third kappa shape index (κ3) is 2.42. The first kappa shape index (κ1) is 12.4. The van der Waals surface area contributed by atoms with Crippen LogP contribution in [-0.2, 0) is 16.1 Å². The molecule has 1 amide bonds. The van der Waals surface area contributed by atoms with Gasteiger partial charge in [0.1, 0.15) is 18.9 Å². The average molecular weight is 283 g/mol. The van der Waals surface area contributed by atoms with Crippen molar-refractivity contribution in [2.75, 3.05) is 5.75 Å². The second-order valence-corrected chi connectivity index (χ2v) is 5.87. The Labute approximate surface area is 113 Å². The summed E-state index contributed by atoms with van der Waals surface area (Å²) in [6.07, 6.45) is 3.49. The molecule has 0 aromatic carbocycles. The second kappa shape index (κ2) is 4.80. The number of nitrogens with zero attached hydrogens (tertiary/aromatic N) is 5. The van der Waals surface area contributed by atoms with E-state index in [2.05, 4.69) is 15.5 Å². The van der Waals surface area contributed by atoms with E-state index in [1.165, 1.54) is 15.9 Å². The molecule has 1 aliphatic carbocycles. The van der Waals surface area contributed by atoms with Gasteiger partial charge in [-0.15, -0.1) is 16.9 Å². The van der Waals surface area contributed by atoms with Crippen molar-refractivity contribution in [3.05, 3.63) is 6.33 Å². The van der Waals surface area contributed by atoms with Crippen LogP contribution in [0.1, 0.15) is 12.8 Å². The van der Waals surface area contributed by atoms with Crippen LogP contribution >= 0.6 is 11.8 Å². The fourth-order valence-corrected chi connectivity index (χ4v) is 3.90. The smallest absolute Gasteiger partial charge is 0.327 e. The minimum Gasteiger partial charge on any atom is -0.480 e. The molecule has 1 aromatic heterocycles. The van der Waals surface area contributed by atoms with E-state index in [1.807, 2.05) is 0 Å². The Morgan fingerprint density at radius 2 is 2.21 bits per heavy atom. The number of aromatic nitrogens is 4. The molecule has 1 aliphatic heterocycles. The fourth-order valence-electron chi connectivity index (χ4n) is 2.25. The van der Waals surface area contributed by atoms with Gasteiger partial charge in [-0.2, -0.15) is 0 Å². The van der Waals surface area contributed by atoms with Gasteiger partial charge in [-0.05, 0) is 29.2 Å². The van der Waals surface area contributed by atoms with Crippen LogP contribution in [0, 0.1) is 5.92 Å². The molecule has 3 rings (SSSR count). The van der Waals surface area contributed by atoms with Crippen LogP contribution in [-0.4, -0.2) is 59.3 Å². The lowest BCUT2D eigenvalue weighted by Gasteiger charge is -2.27. The summed E-state index contributed by atoms with van der Waals surface area (Å²) in [5, 5.41) is 19.8. The maximum Gasteiger partial charge on any atom is 0.327 e. The van der Waals surface area contributed by atoms with Crippen LogP contribution in [0.25, 0.3) is 0 Å². The van der Waals surface area contributed by atoms with E-state index in [-0.39, 0.29) is 17.8 Å². The summed E-state index contributed by atoms with van der Waals surface area (Å²) in [5.74, 6) is -0.285. The maximum atomic E-state index is 12.3. The van der Waals surface area contributed by atoms with Crippen LogP contribution in [0.2, 0.25) is 0 Å². The number of rotatable bonds is 4. The number of carbonyl (C=O) groups is 2. The molecule has 0 radical (unpaired) electrons. The predicted octanol–water partition coefficient (Wildman–Crippen LogP) is -0.562. The summed E-state index contributed by atoms with van der Waals surface area (Å²) in [6, 6.07) is -0.736. The summed E-state index contributed by atoms with van der Waals surface area (Å²) in [7, 11) is 0. The third-order valence-electron chi connectivity index (χ3n) is 3.32. The number of carboxylic acid groups (broad SMARTS) is 1. The molecule has 1 aromatic rings. The zero-order chi connectivity index (χ0) is 13.4. The van der Waals surface area contributed by atoms with E-state index in [9.17, 15) is 14.7 Å². The van der Waals surface area contributed by atoms with Gasteiger partial charge in [-0.25, -0.2) is 9.48 Å². The molecule has 1 saturated carbocycles. The highest BCUT2D eigenvalue weighted by molar-refractivity contribution is 8.00. The van der Waals surface area contributed by atoms with Crippen LogP contribution in [0.4, 0.5) is 0 Å². The lowest BCUT2D eigenvalue weighted by atomic mass is 10.2. The third-order valence-corrected chi connectivity index (χ3v) is 4.78. The van der Waals surface area contributed by atoms with Gasteiger partial charge < -0.3 is 10.0 Å². The number of aliphatic carboxylic acids is 1. The lowest BCUT2D eigenvalue weighted by Crippen LogP contribution is -2.47. The van der Waals surface area contributed by atoms with Crippen LogP contribution < -0.4 is 0 Å². The number of hydrogen-bond donors (Lipinski definition) is 1. The molecule has 8 nitrogen and oxygen atoms in total. The minimum absolute atomic E-state index is 0.00918. The largest absolute Gasteiger partial charge is 0.480 e. The Balaban J connectivity index is 1.76. The summed E-state index contributed by atoms with van der Waals surface area (Å²) in [5.41, 5.74) is 0. The average Bonchev–Trinajstić information content (AvgIpc) is 2.91. The van der Waals surface area contributed by atoms with Gasteiger partial charge in [-0.1, -0.05) is 0 Å². The van der Waals surface area contributed by atoms with E-state index in [1.54, 1.807) is 11.8 Å². The standard InChI is InChI=1S/C10H13N5O3S/c16-8(3-14-5-11-12-13-14)15-7(10(17)18)4-19-9(15)6-1-2-6/h5-7,9H,1-4H2,(H,17,18). The quantitative estimate of drug-likeness (QED) is 0.790. The minimum atomic E-state index is -0.944. The van der Waals surface area contributed by atoms with Crippen molar-refractivity contribution in [2.24, 2.45) is 5.92 Å². The van der Waals surface area contributed by atoms with Gasteiger partial charge >= 0.3 is 5.97 Å². The highest BCUT2D eigenvalue weighted by Crippen LogP contribution is 2.45. The first-order valence-electron chi connectivity index (χ1n) is 6.03. The molecule has 1 saturated heterocycles. The Hall–Kier alpha value is -1.64.